The van der Waals surface area contributed by atoms with E-state index in [1.165, 1.54) is 6.92 Å². The number of aliphatic hydroxyl groups excluding tert-OH is 1. The van der Waals surface area contributed by atoms with Gasteiger partial charge >= 0.3 is 5.97 Å². The summed E-state index contributed by atoms with van der Waals surface area (Å²) in [5, 5.41) is 17.4. The quantitative estimate of drug-likeness (QED) is 0.579. The van der Waals surface area contributed by atoms with Crippen LogP contribution in [0.4, 0.5) is 0 Å². The van der Waals surface area contributed by atoms with Gasteiger partial charge in [0.15, 0.2) is 11.5 Å². The van der Waals surface area contributed by atoms with Gasteiger partial charge in [0.2, 0.25) is 0 Å². The van der Waals surface area contributed by atoms with Crippen molar-refractivity contribution in [2.24, 2.45) is 5.41 Å². The van der Waals surface area contributed by atoms with E-state index in [-0.39, 0.29) is 6.42 Å². The molecular formula is C7H8O4. The van der Waals surface area contributed by atoms with Crippen molar-refractivity contribution >= 4 is 11.8 Å². The van der Waals surface area contributed by atoms with Crippen molar-refractivity contribution in [2.75, 3.05) is 0 Å². The zero-order valence-corrected chi connectivity index (χ0v) is 6.00. The van der Waals surface area contributed by atoms with Crippen LogP contribution in [0, 0.1) is 5.41 Å². The molecule has 0 aromatic rings. The van der Waals surface area contributed by atoms with Gasteiger partial charge < -0.3 is 10.2 Å². The molecule has 0 bridgehead atoms. The minimum Gasteiger partial charge on any atom is -0.505 e. The van der Waals surface area contributed by atoms with Gasteiger partial charge in [-0.15, -0.1) is 0 Å². The van der Waals surface area contributed by atoms with E-state index in [9.17, 15) is 9.59 Å². The molecule has 1 rings (SSSR count). The number of hydrogen-bond acceptors (Lipinski definition) is 3. The Bertz CT molecular complexity index is 253. The van der Waals surface area contributed by atoms with Gasteiger partial charge in [-0.2, -0.15) is 0 Å². The van der Waals surface area contributed by atoms with Crippen LogP contribution < -0.4 is 0 Å². The van der Waals surface area contributed by atoms with Crippen LogP contribution in [0.15, 0.2) is 11.8 Å². The van der Waals surface area contributed by atoms with E-state index in [0.717, 1.165) is 6.08 Å². The van der Waals surface area contributed by atoms with Crippen molar-refractivity contribution in [3.8, 4) is 0 Å². The maximum atomic E-state index is 10.7. The van der Waals surface area contributed by atoms with Crippen LogP contribution in [-0.2, 0) is 9.59 Å². The molecular weight excluding hydrogens is 148 g/mol. The molecule has 0 aliphatic heterocycles. The van der Waals surface area contributed by atoms with Gasteiger partial charge in [-0.1, -0.05) is 0 Å². The molecule has 1 aliphatic carbocycles. The first-order valence-electron chi connectivity index (χ1n) is 3.14. The van der Waals surface area contributed by atoms with Gasteiger partial charge in [0, 0.05) is 6.42 Å². The first-order valence-corrected chi connectivity index (χ1v) is 3.14. The van der Waals surface area contributed by atoms with E-state index >= 15 is 0 Å². The third-order valence-corrected chi connectivity index (χ3v) is 1.76. The summed E-state index contributed by atoms with van der Waals surface area (Å²) >= 11 is 0. The largest absolute Gasteiger partial charge is 0.505 e. The first-order chi connectivity index (χ1) is 4.96. The Kier molecular flexibility index (Phi) is 1.47. The van der Waals surface area contributed by atoms with Crippen LogP contribution in [0.3, 0.4) is 0 Å². The summed E-state index contributed by atoms with van der Waals surface area (Å²) in [6, 6.07) is 0. The summed E-state index contributed by atoms with van der Waals surface area (Å²) < 4.78 is 0. The maximum Gasteiger partial charge on any atom is 0.313 e. The number of Topliss-reactive ketones (excluding diaryl/α,β-unsaturated/α-hetero) is 1. The van der Waals surface area contributed by atoms with Gasteiger partial charge in [0.1, 0.15) is 0 Å². The van der Waals surface area contributed by atoms with Crippen molar-refractivity contribution in [2.45, 2.75) is 13.3 Å². The SMILES string of the molecule is CC1(C(=O)O)C=C(O)C(=O)C1. The topological polar surface area (TPSA) is 74.6 Å². The molecule has 0 radical (unpaired) electrons. The number of hydrogen-bond donors (Lipinski definition) is 2. The van der Waals surface area contributed by atoms with Crippen LogP contribution in [0.5, 0.6) is 0 Å². The number of aliphatic hydroxyl groups is 1. The predicted molar refractivity (Wildman–Crippen MR) is 36.1 cm³/mol. The highest BCUT2D eigenvalue weighted by Crippen LogP contribution is 2.32. The summed E-state index contributed by atoms with van der Waals surface area (Å²) in [5.74, 6) is -2.03. The molecule has 0 fully saturated rings. The third-order valence-electron chi connectivity index (χ3n) is 1.76. The Morgan fingerprint density at radius 1 is 1.73 bits per heavy atom. The number of carboxylic acids is 1. The fraction of sp³-hybridized carbons (Fsp3) is 0.429. The van der Waals surface area contributed by atoms with Crippen molar-refractivity contribution in [1.29, 1.82) is 0 Å². The van der Waals surface area contributed by atoms with E-state index in [1.807, 2.05) is 0 Å². The lowest BCUT2D eigenvalue weighted by molar-refractivity contribution is -0.146. The lowest BCUT2D eigenvalue weighted by Crippen LogP contribution is -2.23. The molecule has 1 aliphatic rings. The molecule has 2 N–H and O–H groups in total. The van der Waals surface area contributed by atoms with Gasteiger partial charge in [-0.3, -0.25) is 9.59 Å². The van der Waals surface area contributed by atoms with Gasteiger partial charge in [0.05, 0.1) is 5.41 Å². The van der Waals surface area contributed by atoms with Crippen molar-refractivity contribution in [3.05, 3.63) is 11.8 Å². The molecule has 0 aromatic carbocycles. The molecule has 4 heteroatoms. The monoisotopic (exact) mass is 156 g/mol. The molecule has 11 heavy (non-hydrogen) atoms. The molecule has 0 aromatic heterocycles. The third kappa shape index (κ3) is 1.11. The predicted octanol–water partition coefficient (Wildman–Crippen LogP) is 0.492. The normalized spacial score (nSPS) is 30.3. The van der Waals surface area contributed by atoms with Crippen molar-refractivity contribution < 1.29 is 19.8 Å². The van der Waals surface area contributed by atoms with Crippen molar-refractivity contribution in [3.63, 3.8) is 0 Å². The molecule has 1 unspecified atom stereocenters. The highest BCUT2D eigenvalue weighted by Gasteiger charge is 2.40. The van der Waals surface area contributed by atoms with Crippen molar-refractivity contribution in [1.82, 2.24) is 0 Å². The Morgan fingerprint density at radius 2 is 2.27 bits per heavy atom. The molecule has 60 valence electrons. The second-order valence-corrected chi connectivity index (χ2v) is 2.85. The van der Waals surface area contributed by atoms with E-state index in [1.54, 1.807) is 0 Å². The fourth-order valence-corrected chi connectivity index (χ4v) is 0.995. The highest BCUT2D eigenvalue weighted by molar-refractivity contribution is 6.01. The minimum absolute atomic E-state index is 0.145. The Labute approximate surface area is 63.1 Å². The first kappa shape index (κ1) is 7.78. The number of rotatable bonds is 1. The molecule has 0 saturated heterocycles. The van der Waals surface area contributed by atoms with Gasteiger partial charge in [-0.25, -0.2) is 0 Å². The number of carbonyl (C=O) groups excluding carboxylic acids is 1. The second kappa shape index (κ2) is 2.08. The molecule has 0 spiro atoms. The number of carbonyl (C=O) groups is 2. The van der Waals surface area contributed by atoms with E-state index < -0.39 is 22.9 Å². The second-order valence-electron chi connectivity index (χ2n) is 2.85. The Morgan fingerprint density at radius 3 is 2.45 bits per heavy atom. The standard InChI is InChI=1S/C7H8O4/c1-7(6(10)11)2-4(8)5(9)3-7/h2,8H,3H2,1H3,(H,10,11). The Hall–Kier alpha value is -1.32. The summed E-state index contributed by atoms with van der Waals surface area (Å²) in [6.45, 7) is 1.40. The Balaban J connectivity index is 2.97. The number of allylic oxidation sites excluding steroid dienone is 1. The summed E-state index contributed by atoms with van der Waals surface area (Å²) in [4.78, 5) is 21.2. The van der Waals surface area contributed by atoms with Gasteiger partial charge in [-0.05, 0) is 13.0 Å². The summed E-state index contributed by atoms with van der Waals surface area (Å²) in [6.07, 6.45) is 0.936. The highest BCUT2D eigenvalue weighted by atomic mass is 16.4. The lowest BCUT2D eigenvalue weighted by atomic mass is 9.91. The van der Waals surface area contributed by atoms with Crippen LogP contribution in [0.1, 0.15) is 13.3 Å². The molecule has 0 heterocycles. The average molecular weight is 156 g/mol. The zero-order chi connectivity index (χ0) is 8.65. The van der Waals surface area contributed by atoms with Gasteiger partial charge in [0.25, 0.3) is 0 Å². The summed E-state index contributed by atoms with van der Waals surface area (Å²) in [5.41, 5.74) is -1.21. The lowest BCUT2D eigenvalue weighted by Gasteiger charge is -2.11. The maximum absolute atomic E-state index is 10.7. The molecule has 0 saturated carbocycles. The molecule has 1 atom stereocenters. The molecule has 4 nitrogen and oxygen atoms in total. The number of aliphatic carboxylic acids is 1. The van der Waals surface area contributed by atoms with Crippen LogP contribution in [0.2, 0.25) is 0 Å². The van der Waals surface area contributed by atoms with E-state index in [4.69, 9.17) is 10.2 Å². The fourth-order valence-electron chi connectivity index (χ4n) is 0.995. The average Bonchev–Trinajstić information content (AvgIpc) is 2.09. The summed E-state index contributed by atoms with van der Waals surface area (Å²) in [7, 11) is 0. The zero-order valence-electron chi connectivity index (χ0n) is 6.00. The van der Waals surface area contributed by atoms with Crippen LogP contribution in [0.25, 0.3) is 0 Å². The minimum atomic E-state index is -1.21. The van der Waals surface area contributed by atoms with E-state index in [0.29, 0.717) is 0 Å². The molecule has 0 amide bonds. The van der Waals surface area contributed by atoms with E-state index in [2.05, 4.69) is 0 Å². The van der Waals surface area contributed by atoms with Crippen LogP contribution >= 0.6 is 0 Å². The smallest absolute Gasteiger partial charge is 0.313 e. The van der Waals surface area contributed by atoms with Crippen LogP contribution in [-0.4, -0.2) is 22.0 Å². The number of carboxylic acid groups (broad SMARTS) is 1. The number of ketones is 1.